The molecule has 2 aliphatic heterocycles. The molecule has 0 saturated heterocycles. The van der Waals surface area contributed by atoms with Gasteiger partial charge in [0, 0.05) is 39.3 Å². The Morgan fingerprint density at radius 1 is 0.261 bits per heavy atom. The van der Waals surface area contributed by atoms with Crippen LogP contribution in [0, 0.1) is 0 Å². The van der Waals surface area contributed by atoms with Crippen molar-refractivity contribution in [1.82, 2.24) is 0 Å². The van der Waals surface area contributed by atoms with E-state index in [0.29, 0.717) is 0 Å². The number of nitrogens with zero attached hydrogens (tertiary/aromatic N) is 3. The summed E-state index contributed by atoms with van der Waals surface area (Å²) in [5.74, 6) is 0. The van der Waals surface area contributed by atoms with Gasteiger partial charge in [-0.2, -0.15) is 0 Å². The molecular formula is C66H53N3. The molecule has 69 heavy (non-hydrogen) atoms. The number of anilines is 9. The SMILES string of the molecule is CC1(C)c2ccccc2N(c2cccc(-c3ccc(N(c4ccc(-c5ccccc5)cc4)c4ccc(-c5cccc(N6c7ccccc7C(C)(C)c7ccccc76)c5)cc4)cc3)c2)c2ccccc21. The van der Waals surface area contributed by atoms with E-state index in [9.17, 15) is 0 Å². The van der Waals surface area contributed by atoms with E-state index in [0.717, 1.165) is 39.6 Å². The Kier molecular flexibility index (Phi) is 10.2. The summed E-state index contributed by atoms with van der Waals surface area (Å²) in [6.45, 7) is 9.35. The average Bonchev–Trinajstić information content (AvgIpc) is 3.40. The highest BCUT2D eigenvalue weighted by atomic mass is 15.2. The predicted molar refractivity (Wildman–Crippen MR) is 291 cm³/mol. The molecule has 2 heterocycles. The first-order chi connectivity index (χ1) is 33.7. The van der Waals surface area contributed by atoms with E-state index in [2.05, 4.69) is 291 Å². The van der Waals surface area contributed by atoms with Gasteiger partial charge in [0.1, 0.15) is 0 Å². The van der Waals surface area contributed by atoms with Crippen molar-refractivity contribution in [2.45, 2.75) is 38.5 Å². The number of hydrogen-bond donors (Lipinski definition) is 0. The molecule has 12 rings (SSSR count). The Morgan fingerprint density at radius 3 is 0.884 bits per heavy atom. The minimum Gasteiger partial charge on any atom is -0.311 e. The molecule has 0 aromatic heterocycles. The van der Waals surface area contributed by atoms with Crippen molar-refractivity contribution < 1.29 is 0 Å². The molecule has 0 aliphatic carbocycles. The van der Waals surface area contributed by atoms with Gasteiger partial charge in [0.05, 0.1) is 22.7 Å². The van der Waals surface area contributed by atoms with Crippen molar-refractivity contribution in [3.05, 3.63) is 271 Å². The van der Waals surface area contributed by atoms with Crippen LogP contribution in [0.1, 0.15) is 49.9 Å². The Hall–Kier alpha value is -8.40. The van der Waals surface area contributed by atoms with Gasteiger partial charge in [0.2, 0.25) is 0 Å². The van der Waals surface area contributed by atoms with Crippen LogP contribution in [-0.4, -0.2) is 0 Å². The number of benzene rings is 10. The van der Waals surface area contributed by atoms with Gasteiger partial charge >= 0.3 is 0 Å². The Morgan fingerprint density at radius 2 is 0.536 bits per heavy atom. The fourth-order valence-corrected chi connectivity index (χ4v) is 11.0. The number of rotatable bonds is 8. The average molecular weight is 888 g/mol. The molecular weight excluding hydrogens is 835 g/mol. The highest BCUT2D eigenvalue weighted by Gasteiger charge is 2.38. The summed E-state index contributed by atoms with van der Waals surface area (Å²) in [4.78, 5) is 7.23. The quantitative estimate of drug-likeness (QED) is 0.151. The van der Waals surface area contributed by atoms with E-state index in [1.165, 1.54) is 67.3 Å². The lowest BCUT2D eigenvalue weighted by Crippen LogP contribution is -2.30. The summed E-state index contributed by atoms with van der Waals surface area (Å²) in [6.07, 6.45) is 0. The fraction of sp³-hybridized carbons (Fsp3) is 0.0909. The molecule has 0 N–H and O–H groups in total. The standard InChI is InChI=1S/C66H53N3/c1-65(2)57-24-8-12-28-61(57)68(62-29-13-9-25-58(62)65)55-22-16-20-50(44-55)48-34-40-53(41-35-48)67(52-38-32-47(33-39-52)46-18-6-5-7-19-46)54-42-36-49(37-43-54)51-21-17-23-56(45-51)69-63-30-14-10-26-59(63)66(3,4)60-27-11-15-31-64(60)69/h5-45H,1-4H3. The van der Waals surface area contributed by atoms with Crippen molar-refractivity contribution in [2.75, 3.05) is 14.7 Å². The lowest BCUT2D eigenvalue weighted by molar-refractivity contribution is 0.632. The van der Waals surface area contributed by atoms with Crippen molar-refractivity contribution in [3.63, 3.8) is 0 Å². The van der Waals surface area contributed by atoms with E-state index in [1.807, 2.05) is 0 Å². The molecule has 2 aliphatic rings. The van der Waals surface area contributed by atoms with Crippen LogP contribution in [0.5, 0.6) is 0 Å². The molecule has 0 spiro atoms. The maximum absolute atomic E-state index is 2.43. The molecule has 0 unspecified atom stereocenters. The lowest BCUT2D eigenvalue weighted by atomic mass is 9.73. The molecule has 0 amide bonds. The second kappa shape index (κ2) is 16.7. The van der Waals surface area contributed by atoms with Crippen molar-refractivity contribution >= 4 is 51.2 Å². The van der Waals surface area contributed by atoms with Crippen molar-refractivity contribution in [3.8, 4) is 33.4 Å². The fourth-order valence-electron chi connectivity index (χ4n) is 11.0. The predicted octanol–water partition coefficient (Wildman–Crippen LogP) is 18.4. The third-order valence-electron chi connectivity index (χ3n) is 14.6. The van der Waals surface area contributed by atoms with Crippen molar-refractivity contribution in [2.24, 2.45) is 0 Å². The first-order valence-electron chi connectivity index (χ1n) is 24.1. The summed E-state index contributed by atoms with van der Waals surface area (Å²) in [7, 11) is 0. The summed E-state index contributed by atoms with van der Waals surface area (Å²) >= 11 is 0. The first kappa shape index (κ1) is 42.0. The smallest absolute Gasteiger partial charge is 0.0502 e. The topological polar surface area (TPSA) is 9.72 Å². The van der Waals surface area contributed by atoms with Gasteiger partial charge in [0.25, 0.3) is 0 Å². The van der Waals surface area contributed by atoms with Gasteiger partial charge < -0.3 is 14.7 Å². The summed E-state index contributed by atoms with van der Waals surface area (Å²) in [5.41, 5.74) is 22.6. The molecule has 332 valence electrons. The zero-order valence-electron chi connectivity index (χ0n) is 39.5. The van der Waals surface area contributed by atoms with E-state index in [-0.39, 0.29) is 10.8 Å². The summed E-state index contributed by atoms with van der Waals surface area (Å²) < 4.78 is 0. The van der Waals surface area contributed by atoms with Crippen LogP contribution >= 0.6 is 0 Å². The Labute approximate surface area is 406 Å². The van der Waals surface area contributed by atoms with Crippen LogP contribution in [0.25, 0.3) is 33.4 Å². The maximum atomic E-state index is 2.43. The normalized spacial score (nSPS) is 14.0. The van der Waals surface area contributed by atoms with Crippen LogP contribution < -0.4 is 14.7 Å². The second-order valence-corrected chi connectivity index (χ2v) is 19.4. The molecule has 3 heteroatoms. The number of fused-ring (bicyclic) bond motifs is 4. The van der Waals surface area contributed by atoms with E-state index >= 15 is 0 Å². The van der Waals surface area contributed by atoms with E-state index in [4.69, 9.17) is 0 Å². The van der Waals surface area contributed by atoms with Crippen LogP contribution in [0.2, 0.25) is 0 Å². The van der Waals surface area contributed by atoms with E-state index < -0.39 is 0 Å². The Balaban J connectivity index is 0.892. The third kappa shape index (κ3) is 7.21. The zero-order valence-corrected chi connectivity index (χ0v) is 39.5. The summed E-state index contributed by atoms with van der Waals surface area (Å²) in [6, 6.07) is 91.0. The maximum Gasteiger partial charge on any atom is 0.0502 e. The van der Waals surface area contributed by atoms with Gasteiger partial charge in [-0.3, -0.25) is 0 Å². The van der Waals surface area contributed by atoms with Crippen LogP contribution in [0.3, 0.4) is 0 Å². The molecule has 3 nitrogen and oxygen atoms in total. The van der Waals surface area contributed by atoms with Crippen molar-refractivity contribution in [1.29, 1.82) is 0 Å². The third-order valence-corrected chi connectivity index (χ3v) is 14.6. The highest BCUT2D eigenvalue weighted by Crippen LogP contribution is 2.54. The molecule has 10 aromatic rings. The van der Waals surface area contributed by atoms with Crippen LogP contribution in [0.4, 0.5) is 51.2 Å². The lowest BCUT2D eigenvalue weighted by Gasteiger charge is -2.42. The molecule has 0 fully saturated rings. The minimum absolute atomic E-state index is 0.109. The van der Waals surface area contributed by atoms with Crippen LogP contribution in [0.15, 0.2) is 249 Å². The van der Waals surface area contributed by atoms with Gasteiger partial charge in [-0.25, -0.2) is 0 Å². The number of hydrogen-bond acceptors (Lipinski definition) is 3. The highest BCUT2D eigenvalue weighted by molar-refractivity contribution is 5.90. The van der Waals surface area contributed by atoms with Gasteiger partial charge in [0.15, 0.2) is 0 Å². The van der Waals surface area contributed by atoms with Crippen LogP contribution in [-0.2, 0) is 10.8 Å². The molecule has 0 atom stereocenters. The largest absolute Gasteiger partial charge is 0.311 e. The van der Waals surface area contributed by atoms with E-state index in [1.54, 1.807) is 0 Å². The minimum atomic E-state index is -0.109. The molecule has 10 aromatic carbocycles. The Bertz CT molecular complexity index is 3200. The van der Waals surface area contributed by atoms with Gasteiger partial charge in [-0.05, 0) is 141 Å². The monoisotopic (exact) mass is 887 g/mol. The number of para-hydroxylation sites is 4. The molecule has 0 radical (unpaired) electrons. The zero-order chi connectivity index (χ0) is 46.7. The molecule has 0 saturated carbocycles. The van der Waals surface area contributed by atoms with Gasteiger partial charge in [-0.1, -0.05) is 191 Å². The summed E-state index contributed by atoms with van der Waals surface area (Å²) in [5, 5.41) is 0. The second-order valence-electron chi connectivity index (χ2n) is 19.4. The van der Waals surface area contributed by atoms with Gasteiger partial charge in [-0.15, -0.1) is 0 Å². The molecule has 0 bridgehead atoms. The first-order valence-corrected chi connectivity index (χ1v) is 24.1.